The molecule has 1 aromatic heterocycles. The third-order valence-electron chi connectivity index (χ3n) is 6.88. The third-order valence-corrected chi connectivity index (χ3v) is 7.67. The van der Waals surface area contributed by atoms with E-state index in [0.29, 0.717) is 18.1 Å². The van der Waals surface area contributed by atoms with Gasteiger partial charge in [-0.15, -0.1) is 0 Å². The minimum absolute atomic E-state index is 0.405. The Kier molecular flexibility index (Phi) is 7.14. The lowest BCUT2D eigenvalue weighted by Crippen LogP contribution is -2.38. The average Bonchev–Trinajstić information content (AvgIpc) is 2.88. The first-order valence-electron chi connectivity index (χ1n) is 12.0. The van der Waals surface area contributed by atoms with Gasteiger partial charge >= 0.3 is 0 Å². The Morgan fingerprint density at radius 1 is 0.889 bits per heavy atom. The van der Waals surface area contributed by atoms with Gasteiger partial charge in [-0.2, -0.15) is 0 Å². The molecule has 1 heterocycles. The number of rotatable bonds is 7. The van der Waals surface area contributed by atoms with E-state index in [0.717, 1.165) is 42.8 Å². The highest BCUT2D eigenvalue weighted by atomic mass is 79.9. The van der Waals surface area contributed by atoms with E-state index < -0.39 is 11.5 Å². The molecule has 0 aliphatic rings. The van der Waals surface area contributed by atoms with Crippen molar-refractivity contribution in [3.8, 4) is 0 Å². The summed E-state index contributed by atoms with van der Waals surface area (Å²) in [6.45, 7) is 0.702. The molecule has 0 amide bonds. The largest absolute Gasteiger partial charge is 0.384 e. The normalized spacial score (nSPS) is 14.3. The van der Waals surface area contributed by atoms with Crippen LogP contribution in [0.25, 0.3) is 21.7 Å². The van der Waals surface area contributed by atoms with Crippen LogP contribution in [0.15, 0.2) is 102 Å². The molecule has 0 spiro atoms. The van der Waals surface area contributed by atoms with Crippen LogP contribution in [0, 0.1) is 0 Å². The minimum Gasteiger partial charge on any atom is -0.384 e. The van der Waals surface area contributed by atoms with Gasteiger partial charge in [0.1, 0.15) is 10.8 Å². The van der Waals surface area contributed by atoms with Crippen molar-refractivity contribution in [1.82, 2.24) is 9.88 Å². The van der Waals surface area contributed by atoms with Crippen molar-refractivity contribution in [2.24, 2.45) is 0 Å². The van der Waals surface area contributed by atoms with Crippen LogP contribution in [-0.4, -0.2) is 35.6 Å². The fourth-order valence-corrected chi connectivity index (χ4v) is 5.77. The van der Waals surface area contributed by atoms with Crippen molar-refractivity contribution in [3.05, 3.63) is 123 Å². The average molecular weight is 560 g/mol. The van der Waals surface area contributed by atoms with Crippen molar-refractivity contribution < 1.29 is 5.11 Å². The number of fused-ring (bicyclic) bond motifs is 2. The van der Waals surface area contributed by atoms with Crippen LogP contribution in [0.5, 0.6) is 0 Å². The van der Waals surface area contributed by atoms with Crippen molar-refractivity contribution in [3.63, 3.8) is 0 Å². The molecule has 0 fully saturated rings. The molecule has 0 saturated carbocycles. The van der Waals surface area contributed by atoms with Gasteiger partial charge in [0.05, 0.1) is 5.52 Å². The van der Waals surface area contributed by atoms with E-state index in [-0.39, 0.29) is 0 Å². The molecule has 5 rings (SSSR count). The summed E-state index contributed by atoms with van der Waals surface area (Å²) in [6.07, 6.45) is 0.514. The predicted molar refractivity (Wildman–Crippen MR) is 154 cm³/mol. The molecule has 5 heteroatoms. The maximum Gasteiger partial charge on any atom is 0.133 e. The fourth-order valence-electron chi connectivity index (χ4n) is 5.13. The van der Waals surface area contributed by atoms with Gasteiger partial charge in [0.25, 0.3) is 0 Å². The molecule has 5 aromatic rings. The number of hydrogen-bond donors (Lipinski definition) is 1. The predicted octanol–water partition coefficient (Wildman–Crippen LogP) is 7.78. The lowest BCUT2D eigenvalue weighted by atomic mass is 9.71. The molecule has 1 N–H and O–H groups in total. The third kappa shape index (κ3) is 4.79. The summed E-state index contributed by atoms with van der Waals surface area (Å²) in [5, 5.41) is 16.4. The topological polar surface area (TPSA) is 36.4 Å². The summed E-state index contributed by atoms with van der Waals surface area (Å²) >= 11 is 10.5. The molecule has 0 aliphatic carbocycles. The zero-order valence-electron chi connectivity index (χ0n) is 20.3. The van der Waals surface area contributed by atoms with Gasteiger partial charge in [0, 0.05) is 27.9 Å². The van der Waals surface area contributed by atoms with Gasteiger partial charge in [-0.3, -0.25) is 0 Å². The Labute approximate surface area is 225 Å². The van der Waals surface area contributed by atoms with Crippen molar-refractivity contribution in [2.75, 3.05) is 20.6 Å². The van der Waals surface area contributed by atoms with Gasteiger partial charge in [-0.1, -0.05) is 100 Å². The second-order valence-corrected chi connectivity index (χ2v) is 10.8. The molecule has 0 bridgehead atoms. The molecule has 36 heavy (non-hydrogen) atoms. The van der Waals surface area contributed by atoms with Gasteiger partial charge in [-0.05, 0) is 66.7 Å². The van der Waals surface area contributed by atoms with E-state index in [2.05, 4.69) is 57.2 Å². The number of nitrogens with zero attached hydrogens (tertiary/aromatic N) is 2. The van der Waals surface area contributed by atoms with Crippen molar-refractivity contribution >= 4 is 49.2 Å². The Morgan fingerprint density at radius 3 is 2.39 bits per heavy atom. The fraction of sp³-hybridized carbons (Fsp3) is 0.194. The summed E-state index contributed by atoms with van der Waals surface area (Å²) in [7, 11) is 4.06. The second kappa shape index (κ2) is 10.3. The molecular formula is C31H28BrClN2O. The van der Waals surface area contributed by atoms with E-state index in [4.69, 9.17) is 16.6 Å². The Bertz CT molecular complexity index is 1520. The van der Waals surface area contributed by atoms with Crippen LogP contribution < -0.4 is 0 Å². The van der Waals surface area contributed by atoms with Crippen LogP contribution in [-0.2, 0) is 5.60 Å². The summed E-state index contributed by atoms with van der Waals surface area (Å²) in [5.41, 5.74) is 2.26. The smallest absolute Gasteiger partial charge is 0.133 e. The molecule has 182 valence electrons. The van der Waals surface area contributed by atoms with E-state index in [9.17, 15) is 5.11 Å². The van der Waals surface area contributed by atoms with Crippen LogP contribution in [0.2, 0.25) is 5.15 Å². The first-order valence-corrected chi connectivity index (χ1v) is 13.2. The quantitative estimate of drug-likeness (QED) is 0.207. The maximum atomic E-state index is 12.9. The first-order chi connectivity index (χ1) is 17.4. The Hall–Kier alpha value is -2.76. The molecule has 0 aliphatic heterocycles. The zero-order chi connectivity index (χ0) is 25.3. The molecule has 0 saturated heterocycles. The number of benzene rings is 4. The van der Waals surface area contributed by atoms with Crippen LogP contribution in [0.4, 0.5) is 0 Å². The minimum atomic E-state index is -1.25. The van der Waals surface area contributed by atoms with E-state index in [1.54, 1.807) is 0 Å². The van der Waals surface area contributed by atoms with Gasteiger partial charge in [0.15, 0.2) is 0 Å². The van der Waals surface area contributed by atoms with Crippen LogP contribution >= 0.6 is 27.5 Å². The van der Waals surface area contributed by atoms with E-state index in [1.807, 2.05) is 74.8 Å². The number of halogens is 2. The standard InChI is InChI=1S/C31H28BrClN2O/c1-35(2)18-17-31(36,27-14-8-12-21-9-6-7-13-25(21)27)29(22-10-4-3-5-11-22)26-20-23-19-24(32)15-16-28(23)34-30(26)33/h3-16,19-20,29,36H,17-18H2,1-2H3/t29-,31-/m0/s1. The Balaban J connectivity index is 1.82. The molecule has 4 aromatic carbocycles. The monoisotopic (exact) mass is 558 g/mol. The van der Waals surface area contributed by atoms with Gasteiger partial charge in [-0.25, -0.2) is 4.98 Å². The number of hydrogen-bond acceptors (Lipinski definition) is 3. The zero-order valence-corrected chi connectivity index (χ0v) is 22.7. The lowest BCUT2D eigenvalue weighted by molar-refractivity contribution is 0.00586. The highest BCUT2D eigenvalue weighted by Crippen LogP contribution is 2.48. The Morgan fingerprint density at radius 2 is 1.61 bits per heavy atom. The molecular weight excluding hydrogens is 532 g/mol. The highest BCUT2D eigenvalue weighted by Gasteiger charge is 2.42. The highest BCUT2D eigenvalue weighted by molar-refractivity contribution is 9.10. The maximum absolute atomic E-state index is 12.9. The van der Waals surface area contributed by atoms with Gasteiger partial charge < -0.3 is 10.0 Å². The summed E-state index contributed by atoms with van der Waals surface area (Å²) < 4.78 is 0.971. The van der Waals surface area contributed by atoms with E-state index >= 15 is 0 Å². The second-order valence-electron chi connectivity index (χ2n) is 9.55. The number of aliphatic hydroxyl groups is 1. The SMILES string of the molecule is CN(C)CC[C@](O)(c1cccc2ccccc12)[C@@H](c1ccccc1)c1cc2cc(Br)ccc2nc1Cl. The van der Waals surface area contributed by atoms with E-state index in [1.165, 1.54) is 0 Å². The van der Waals surface area contributed by atoms with Crippen LogP contribution in [0.3, 0.4) is 0 Å². The molecule has 0 radical (unpaired) electrons. The van der Waals surface area contributed by atoms with Gasteiger partial charge in [0.2, 0.25) is 0 Å². The van der Waals surface area contributed by atoms with Crippen molar-refractivity contribution in [2.45, 2.75) is 17.9 Å². The number of aromatic nitrogens is 1. The molecule has 2 atom stereocenters. The lowest BCUT2D eigenvalue weighted by Gasteiger charge is -2.39. The number of pyridine rings is 1. The molecule has 3 nitrogen and oxygen atoms in total. The summed E-state index contributed by atoms with van der Waals surface area (Å²) in [6, 6.07) is 32.6. The first kappa shape index (κ1) is 24.9. The summed E-state index contributed by atoms with van der Waals surface area (Å²) in [5.74, 6) is -0.437. The summed E-state index contributed by atoms with van der Waals surface area (Å²) in [4.78, 5) is 6.86. The van der Waals surface area contributed by atoms with Crippen molar-refractivity contribution in [1.29, 1.82) is 0 Å². The van der Waals surface area contributed by atoms with Crippen LogP contribution in [0.1, 0.15) is 29.0 Å². The molecule has 0 unspecified atom stereocenters.